The minimum Gasteiger partial charge on any atom is -0.497 e. The number of aryl methyl sites for hydroxylation is 1. The molecule has 4 nitrogen and oxygen atoms in total. The van der Waals surface area contributed by atoms with Crippen LogP contribution in [0.25, 0.3) is 5.70 Å². The van der Waals surface area contributed by atoms with Crippen molar-refractivity contribution in [3.63, 3.8) is 0 Å². The molecule has 0 aliphatic heterocycles. The first-order chi connectivity index (χ1) is 11.7. The lowest BCUT2D eigenvalue weighted by Crippen LogP contribution is -1.99. The van der Waals surface area contributed by atoms with E-state index in [1.807, 2.05) is 67.6 Å². The third kappa shape index (κ3) is 4.50. The Bertz CT molecular complexity index is 816. The van der Waals surface area contributed by atoms with Crippen LogP contribution >= 0.6 is 0 Å². The lowest BCUT2D eigenvalue weighted by molar-refractivity contribution is 0.415. The highest BCUT2D eigenvalue weighted by Gasteiger charge is 2.03. The highest BCUT2D eigenvalue weighted by Crippen LogP contribution is 2.22. The standard InChI is InChI=1S/C20H17N3O/c1-15-3-6-17(7-4-15)20(12-5-16(13-21)14-22)23-18-8-10-19(24-2)11-9-18/h3-12,23H,1-2H3/b20-12-. The summed E-state index contributed by atoms with van der Waals surface area (Å²) < 4.78 is 5.16. The number of hydrogen-bond acceptors (Lipinski definition) is 4. The zero-order valence-electron chi connectivity index (χ0n) is 13.6. The van der Waals surface area contributed by atoms with Crippen LogP contribution in [-0.2, 0) is 0 Å². The molecule has 0 fully saturated rings. The predicted molar refractivity (Wildman–Crippen MR) is 95.1 cm³/mol. The van der Waals surface area contributed by atoms with Crippen molar-refractivity contribution in [2.45, 2.75) is 6.92 Å². The second kappa shape index (κ2) is 8.22. The normalized spacial score (nSPS) is 10.2. The third-order valence-electron chi connectivity index (χ3n) is 3.39. The predicted octanol–water partition coefficient (Wildman–Crippen LogP) is 4.43. The Morgan fingerprint density at radius 3 is 2.12 bits per heavy atom. The van der Waals surface area contributed by atoms with Crippen molar-refractivity contribution in [3.8, 4) is 17.9 Å². The van der Waals surface area contributed by atoms with Gasteiger partial charge in [0.05, 0.1) is 7.11 Å². The number of methoxy groups -OCH3 is 1. The molecule has 0 saturated carbocycles. The Kier molecular flexibility index (Phi) is 5.77. The number of hydrogen-bond donors (Lipinski definition) is 1. The van der Waals surface area contributed by atoms with Crippen molar-refractivity contribution in [2.24, 2.45) is 0 Å². The molecule has 0 spiro atoms. The van der Waals surface area contributed by atoms with Gasteiger partial charge >= 0.3 is 0 Å². The number of nitrogens with zero attached hydrogens (tertiary/aromatic N) is 2. The van der Waals surface area contributed by atoms with Crippen molar-refractivity contribution >= 4 is 11.4 Å². The summed E-state index contributed by atoms with van der Waals surface area (Å²) in [5.74, 6) is 0.776. The van der Waals surface area contributed by atoms with Gasteiger partial charge in [0, 0.05) is 11.4 Å². The van der Waals surface area contributed by atoms with Gasteiger partial charge < -0.3 is 10.1 Å². The summed E-state index contributed by atoms with van der Waals surface area (Å²) >= 11 is 0. The van der Waals surface area contributed by atoms with Gasteiger partial charge in [0.25, 0.3) is 0 Å². The Morgan fingerprint density at radius 1 is 0.958 bits per heavy atom. The summed E-state index contributed by atoms with van der Waals surface area (Å²) in [5, 5.41) is 21.1. The van der Waals surface area contributed by atoms with E-state index < -0.39 is 0 Å². The average molecular weight is 315 g/mol. The van der Waals surface area contributed by atoms with E-state index in [-0.39, 0.29) is 5.57 Å². The molecule has 0 atom stereocenters. The molecule has 0 aliphatic rings. The van der Waals surface area contributed by atoms with Crippen molar-refractivity contribution in [1.29, 1.82) is 10.5 Å². The molecule has 4 heteroatoms. The fourth-order valence-corrected chi connectivity index (χ4v) is 2.04. The second-order valence-corrected chi connectivity index (χ2v) is 5.10. The summed E-state index contributed by atoms with van der Waals surface area (Å²) in [5.41, 5.74) is 3.85. The minimum absolute atomic E-state index is 0.0520. The number of ether oxygens (including phenoxy) is 1. The Hall–Kier alpha value is -3.50. The third-order valence-corrected chi connectivity index (χ3v) is 3.39. The van der Waals surface area contributed by atoms with Crippen LogP contribution in [0.4, 0.5) is 5.69 Å². The summed E-state index contributed by atoms with van der Waals surface area (Å²) in [4.78, 5) is 0. The van der Waals surface area contributed by atoms with E-state index in [1.165, 1.54) is 6.08 Å². The van der Waals surface area contributed by atoms with Crippen LogP contribution in [0.3, 0.4) is 0 Å². The van der Waals surface area contributed by atoms with E-state index in [1.54, 1.807) is 13.2 Å². The quantitative estimate of drug-likeness (QED) is 0.654. The van der Waals surface area contributed by atoms with Crippen LogP contribution in [0.1, 0.15) is 11.1 Å². The zero-order valence-corrected chi connectivity index (χ0v) is 13.6. The summed E-state index contributed by atoms with van der Waals surface area (Å²) in [7, 11) is 1.62. The van der Waals surface area contributed by atoms with Crippen LogP contribution in [0.2, 0.25) is 0 Å². The van der Waals surface area contributed by atoms with E-state index in [4.69, 9.17) is 15.3 Å². The van der Waals surface area contributed by atoms with Crippen molar-refractivity contribution in [2.75, 3.05) is 12.4 Å². The molecular weight excluding hydrogens is 298 g/mol. The van der Waals surface area contributed by atoms with Crippen LogP contribution in [0.5, 0.6) is 5.75 Å². The molecule has 0 heterocycles. The molecule has 2 rings (SSSR count). The SMILES string of the molecule is COc1ccc(N/C(=C\C=C(C#N)C#N)c2ccc(C)cc2)cc1. The molecule has 0 unspecified atom stereocenters. The molecule has 0 radical (unpaired) electrons. The topological polar surface area (TPSA) is 68.8 Å². The van der Waals surface area contributed by atoms with Crippen molar-refractivity contribution < 1.29 is 4.74 Å². The minimum atomic E-state index is 0.0520. The van der Waals surface area contributed by atoms with Gasteiger partial charge in [0.15, 0.2) is 0 Å². The molecule has 0 amide bonds. The summed E-state index contributed by atoms with van der Waals surface area (Å²) in [6.45, 7) is 2.02. The van der Waals surface area contributed by atoms with Gasteiger partial charge in [0.2, 0.25) is 0 Å². The summed E-state index contributed by atoms with van der Waals surface area (Å²) in [6.07, 6.45) is 3.24. The Morgan fingerprint density at radius 2 is 1.58 bits per heavy atom. The van der Waals surface area contributed by atoms with E-state index in [9.17, 15) is 0 Å². The van der Waals surface area contributed by atoms with Gasteiger partial charge in [-0.25, -0.2) is 0 Å². The van der Waals surface area contributed by atoms with Crippen LogP contribution in [0.15, 0.2) is 66.3 Å². The molecule has 2 aromatic carbocycles. The van der Waals surface area contributed by atoms with Crippen molar-refractivity contribution in [3.05, 3.63) is 77.4 Å². The van der Waals surface area contributed by atoms with Gasteiger partial charge in [-0.3, -0.25) is 0 Å². The first-order valence-corrected chi connectivity index (χ1v) is 7.36. The molecule has 118 valence electrons. The van der Waals surface area contributed by atoms with Gasteiger partial charge in [-0.05, 0) is 48.9 Å². The molecule has 0 aromatic heterocycles. The van der Waals surface area contributed by atoms with Gasteiger partial charge in [-0.2, -0.15) is 10.5 Å². The molecule has 24 heavy (non-hydrogen) atoms. The number of benzene rings is 2. The fraction of sp³-hybridized carbons (Fsp3) is 0.100. The molecule has 0 bridgehead atoms. The number of anilines is 1. The number of allylic oxidation sites excluding steroid dienone is 3. The smallest absolute Gasteiger partial charge is 0.129 e. The first kappa shape index (κ1) is 16.9. The highest BCUT2D eigenvalue weighted by atomic mass is 16.5. The van der Waals surface area contributed by atoms with E-state index >= 15 is 0 Å². The molecule has 2 aromatic rings. The first-order valence-electron chi connectivity index (χ1n) is 7.36. The number of nitriles is 2. The molecule has 0 aliphatic carbocycles. The maximum absolute atomic E-state index is 8.89. The second-order valence-electron chi connectivity index (χ2n) is 5.10. The average Bonchev–Trinajstić information content (AvgIpc) is 2.63. The maximum Gasteiger partial charge on any atom is 0.129 e. The lowest BCUT2D eigenvalue weighted by Gasteiger charge is -2.12. The lowest BCUT2D eigenvalue weighted by atomic mass is 10.1. The Labute approximate surface area is 141 Å². The molecular formula is C20H17N3O. The van der Waals surface area contributed by atoms with E-state index in [2.05, 4.69) is 5.32 Å². The van der Waals surface area contributed by atoms with Crippen LogP contribution in [-0.4, -0.2) is 7.11 Å². The zero-order chi connectivity index (χ0) is 17.4. The fourth-order valence-electron chi connectivity index (χ4n) is 2.04. The highest BCUT2D eigenvalue weighted by molar-refractivity contribution is 5.78. The van der Waals surface area contributed by atoms with Crippen molar-refractivity contribution in [1.82, 2.24) is 0 Å². The molecule has 0 saturated heterocycles. The Balaban J connectivity index is 2.37. The number of rotatable bonds is 5. The van der Waals surface area contributed by atoms with Gasteiger partial charge in [-0.1, -0.05) is 29.8 Å². The van der Waals surface area contributed by atoms with E-state index in [0.29, 0.717) is 0 Å². The summed E-state index contributed by atoms with van der Waals surface area (Å²) in [6, 6.07) is 19.2. The van der Waals surface area contributed by atoms with Gasteiger partial charge in [0.1, 0.15) is 23.5 Å². The van der Waals surface area contributed by atoms with E-state index in [0.717, 1.165) is 28.3 Å². The monoisotopic (exact) mass is 315 g/mol. The van der Waals surface area contributed by atoms with Crippen LogP contribution < -0.4 is 10.1 Å². The van der Waals surface area contributed by atoms with Gasteiger partial charge in [-0.15, -0.1) is 0 Å². The van der Waals surface area contributed by atoms with Crippen LogP contribution in [0, 0.1) is 29.6 Å². The largest absolute Gasteiger partial charge is 0.497 e. The number of nitrogens with one attached hydrogen (secondary N) is 1. The molecule has 1 N–H and O–H groups in total. The maximum atomic E-state index is 8.89.